The molecule has 7 atom stereocenters. The third kappa shape index (κ3) is 10.1. The van der Waals surface area contributed by atoms with Crippen LogP contribution in [0.2, 0.25) is 0 Å². The summed E-state index contributed by atoms with van der Waals surface area (Å²) in [5.74, 6) is -6.18. The molecule has 14 nitrogen and oxygen atoms in total. The van der Waals surface area contributed by atoms with Crippen LogP contribution in [-0.4, -0.2) is 101 Å². The van der Waals surface area contributed by atoms with E-state index in [0.717, 1.165) is 21.8 Å². The van der Waals surface area contributed by atoms with Gasteiger partial charge >= 0.3 is 18.3 Å². The minimum absolute atomic E-state index is 0.000726. The maximum atomic E-state index is 15.0. The van der Waals surface area contributed by atoms with E-state index in [1.807, 2.05) is 17.7 Å². The number of alkyl halides is 7. The second-order valence-electron chi connectivity index (χ2n) is 19.0. The van der Waals surface area contributed by atoms with E-state index in [-0.39, 0.29) is 55.2 Å². The molecule has 3 fully saturated rings. The SMILES string of the molecule is COc1ccc2c(O[C@@H]3C[C@H]4C(=O)C[C@]5(C(=O)NS(=O)(=O)C6(CF)CC6)C[C@H]5/C=C\CC[C@@H](C)C[C@@H](C)[C@H](CC(=O)OC(C)(C)C(F)(F)F)C(=O)N4C3)cc(-n3ccc(C(F)(F)F)n3)nc2c1. The van der Waals surface area contributed by atoms with Crippen molar-refractivity contribution in [1.29, 1.82) is 0 Å². The fourth-order valence-electron chi connectivity index (χ4n) is 9.09. The first-order chi connectivity index (χ1) is 31.2. The number of halogens is 7. The molecule has 2 aliphatic carbocycles. The van der Waals surface area contributed by atoms with Gasteiger partial charge in [0.1, 0.15) is 29.0 Å². The number of Topliss-reactive ketones (excluding diaryl/α,β-unsaturated/α-hetero) is 1. The number of benzene rings is 1. The Labute approximate surface area is 382 Å². The highest BCUT2D eigenvalue weighted by Gasteiger charge is 2.64. The van der Waals surface area contributed by atoms with Gasteiger partial charge in [-0.3, -0.25) is 23.9 Å². The second kappa shape index (κ2) is 18.0. The van der Waals surface area contributed by atoms with Crippen LogP contribution in [0.3, 0.4) is 0 Å². The lowest BCUT2D eigenvalue weighted by Crippen LogP contribution is -2.49. The molecule has 4 aliphatic rings. The molecule has 1 aromatic carbocycles. The minimum Gasteiger partial charge on any atom is -0.497 e. The third-order valence-corrected chi connectivity index (χ3v) is 15.7. The van der Waals surface area contributed by atoms with Gasteiger partial charge in [-0.25, -0.2) is 22.5 Å². The summed E-state index contributed by atoms with van der Waals surface area (Å²) >= 11 is 0. The highest BCUT2D eigenvalue weighted by atomic mass is 32.2. The van der Waals surface area contributed by atoms with Crippen LogP contribution >= 0.6 is 0 Å². The first-order valence-electron chi connectivity index (χ1n) is 21.9. The Balaban J connectivity index is 1.27. The summed E-state index contributed by atoms with van der Waals surface area (Å²) in [4.78, 5) is 62.9. The number of carbonyl (C=O) groups excluding carboxylic acids is 4. The Kier molecular flexibility index (Phi) is 13.3. The number of carbonyl (C=O) groups is 4. The smallest absolute Gasteiger partial charge is 0.435 e. The number of sulfonamides is 1. The molecule has 22 heteroatoms. The van der Waals surface area contributed by atoms with Crippen LogP contribution in [0.25, 0.3) is 16.7 Å². The molecule has 2 saturated carbocycles. The maximum absolute atomic E-state index is 15.0. The van der Waals surface area contributed by atoms with E-state index in [0.29, 0.717) is 44.2 Å². The van der Waals surface area contributed by atoms with Crippen LogP contribution in [0.5, 0.6) is 11.5 Å². The van der Waals surface area contributed by atoms with Gasteiger partial charge in [-0.1, -0.05) is 26.0 Å². The van der Waals surface area contributed by atoms with Crippen LogP contribution in [0.4, 0.5) is 30.7 Å². The van der Waals surface area contributed by atoms with Crippen molar-refractivity contribution in [2.75, 3.05) is 20.3 Å². The normalized spacial score (nSPS) is 27.6. The highest BCUT2D eigenvalue weighted by Crippen LogP contribution is 2.58. The van der Waals surface area contributed by atoms with E-state index >= 15 is 4.79 Å². The Morgan fingerprint density at radius 2 is 1.73 bits per heavy atom. The van der Waals surface area contributed by atoms with Gasteiger partial charge in [-0.15, -0.1) is 0 Å². The Morgan fingerprint density at radius 1 is 1.01 bits per heavy atom. The van der Waals surface area contributed by atoms with Gasteiger partial charge in [0.15, 0.2) is 17.3 Å². The standard InChI is InChI=1S/C45H52F7N5O9S/c1-25-8-6-7-9-27-21-43(27,40(61)55-67(62,63)42(24-46)13-14-42)22-34(58)33-18-29(23-56(33)39(60)31(26(2)16-25)19-38(59)66-41(3,4)45(50,51)52)65-35-20-37(57-15-12-36(54-57)44(47,48)49)53-32-17-28(64-5)10-11-30(32)35/h7,9-12,15,17,20,25-27,29,31,33H,6,8,13-14,16,18-19,21-24H2,1-5H3,(H,55,61)/b9-7-/t25-,26-,27-,29-,31+,33+,43-/m1/s1. The average molecular weight is 972 g/mol. The maximum Gasteiger partial charge on any atom is 0.435 e. The zero-order chi connectivity index (χ0) is 49.1. The summed E-state index contributed by atoms with van der Waals surface area (Å²) in [5.41, 5.74) is -5.51. The van der Waals surface area contributed by atoms with Gasteiger partial charge < -0.3 is 19.1 Å². The van der Waals surface area contributed by atoms with Crippen molar-refractivity contribution < 1.29 is 72.5 Å². The third-order valence-electron chi connectivity index (χ3n) is 13.6. The molecular weight excluding hydrogens is 920 g/mol. The average Bonchev–Trinajstić information content (AvgIpc) is 4.06. The molecule has 2 aliphatic heterocycles. The summed E-state index contributed by atoms with van der Waals surface area (Å²) < 4.78 is 141. The summed E-state index contributed by atoms with van der Waals surface area (Å²) in [6.07, 6.45) is -6.40. The van der Waals surface area contributed by atoms with E-state index < -0.39 is 117 Å². The molecule has 3 aromatic rings. The van der Waals surface area contributed by atoms with Crippen molar-refractivity contribution in [3.63, 3.8) is 0 Å². The summed E-state index contributed by atoms with van der Waals surface area (Å²) in [7, 11) is -3.11. The number of ether oxygens (including phenoxy) is 3. The largest absolute Gasteiger partial charge is 0.497 e. The predicted molar refractivity (Wildman–Crippen MR) is 226 cm³/mol. The number of pyridine rings is 1. The molecule has 0 bridgehead atoms. The molecule has 1 N–H and O–H groups in total. The van der Waals surface area contributed by atoms with E-state index in [4.69, 9.17) is 14.2 Å². The van der Waals surface area contributed by atoms with E-state index in [2.05, 4.69) is 10.1 Å². The molecular formula is C45H52F7N5O9S. The van der Waals surface area contributed by atoms with Crippen LogP contribution in [0.15, 0.2) is 48.7 Å². The number of hydrogen-bond acceptors (Lipinski definition) is 11. The van der Waals surface area contributed by atoms with Gasteiger partial charge in [-0.05, 0) is 88.3 Å². The Hall–Kier alpha value is -5.28. The zero-order valence-electron chi connectivity index (χ0n) is 37.4. The molecule has 0 spiro atoms. The van der Waals surface area contributed by atoms with E-state index in [9.17, 15) is 53.5 Å². The van der Waals surface area contributed by atoms with Gasteiger partial charge in [-0.2, -0.15) is 31.4 Å². The molecule has 7 rings (SSSR count). The van der Waals surface area contributed by atoms with Crippen molar-refractivity contribution in [2.24, 2.45) is 29.1 Å². The second-order valence-corrected chi connectivity index (χ2v) is 21.0. The topological polar surface area (TPSA) is 176 Å². The van der Waals surface area contributed by atoms with Crippen molar-refractivity contribution >= 4 is 44.5 Å². The number of methoxy groups -OCH3 is 1. The van der Waals surface area contributed by atoms with Crippen LogP contribution < -0.4 is 14.2 Å². The van der Waals surface area contributed by atoms with Gasteiger partial charge in [0.05, 0.1) is 43.0 Å². The number of amides is 2. The van der Waals surface area contributed by atoms with E-state index in [1.54, 1.807) is 25.1 Å². The van der Waals surface area contributed by atoms with Crippen molar-refractivity contribution in [3.8, 4) is 17.3 Å². The Bertz CT molecular complexity index is 2560. The molecule has 1 saturated heterocycles. The van der Waals surface area contributed by atoms with Gasteiger partial charge in [0.2, 0.25) is 27.4 Å². The molecule has 0 radical (unpaired) electrons. The lowest BCUT2D eigenvalue weighted by Gasteiger charge is -2.33. The minimum atomic E-state index is -4.95. The molecule has 4 heterocycles. The van der Waals surface area contributed by atoms with Crippen LogP contribution in [0.1, 0.15) is 91.2 Å². The van der Waals surface area contributed by atoms with Gasteiger partial charge in [0.25, 0.3) is 0 Å². The number of aromatic nitrogens is 3. The van der Waals surface area contributed by atoms with E-state index in [1.165, 1.54) is 19.2 Å². The number of rotatable bonds is 11. The number of esters is 1. The number of allylic oxidation sites excluding steroid dienone is 2. The Morgan fingerprint density at radius 3 is 2.36 bits per heavy atom. The fraction of sp³-hybridized carbons (Fsp3) is 0.600. The molecule has 67 heavy (non-hydrogen) atoms. The monoisotopic (exact) mass is 971 g/mol. The number of nitrogens with one attached hydrogen (secondary N) is 1. The molecule has 2 amide bonds. The van der Waals surface area contributed by atoms with Crippen molar-refractivity contribution in [3.05, 3.63) is 54.4 Å². The highest BCUT2D eigenvalue weighted by molar-refractivity contribution is 7.91. The number of ketones is 1. The number of nitrogens with zero attached hydrogens (tertiary/aromatic N) is 4. The quantitative estimate of drug-likeness (QED) is 0.114. The lowest BCUT2D eigenvalue weighted by molar-refractivity contribution is -0.257. The first kappa shape index (κ1) is 49.6. The lowest BCUT2D eigenvalue weighted by atomic mass is 9.82. The van der Waals surface area contributed by atoms with Crippen LogP contribution in [0, 0.1) is 29.1 Å². The van der Waals surface area contributed by atoms with Crippen molar-refractivity contribution in [2.45, 2.75) is 120 Å². The molecule has 2 aromatic heterocycles. The predicted octanol–water partition coefficient (Wildman–Crippen LogP) is 7.61. The zero-order valence-corrected chi connectivity index (χ0v) is 38.2. The summed E-state index contributed by atoms with van der Waals surface area (Å²) in [6.45, 7) is 3.36. The number of hydrogen-bond donors (Lipinski definition) is 1. The summed E-state index contributed by atoms with van der Waals surface area (Å²) in [5, 5.41) is 3.98. The van der Waals surface area contributed by atoms with Gasteiger partial charge in [0, 0.05) is 36.6 Å². The van der Waals surface area contributed by atoms with Crippen LogP contribution in [-0.2, 0) is 40.1 Å². The summed E-state index contributed by atoms with van der Waals surface area (Å²) in [6, 6.07) is 5.33. The molecule has 366 valence electrons. The van der Waals surface area contributed by atoms with Crippen molar-refractivity contribution in [1.82, 2.24) is 24.4 Å². The molecule has 0 unspecified atom stereocenters. The fourth-order valence-corrected chi connectivity index (χ4v) is 10.5. The first-order valence-corrected chi connectivity index (χ1v) is 23.4. The number of fused-ring (bicyclic) bond motifs is 3.